The first-order valence-corrected chi connectivity index (χ1v) is 7.64. The topological polar surface area (TPSA) is 63.8 Å². The smallest absolute Gasteiger partial charge is 0.138 e. The minimum atomic E-state index is 0.161. The van der Waals surface area contributed by atoms with Crippen LogP contribution in [0.15, 0.2) is 12.4 Å². The zero-order chi connectivity index (χ0) is 13.8. The number of rotatable bonds is 6. The molecule has 2 heterocycles. The van der Waals surface area contributed by atoms with Gasteiger partial charge in [-0.1, -0.05) is 20.8 Å². The van der Waals surface area contributed by atoms with Crippen molar-refractivity contribution in [2.75, 3.05) is 11.9 Å². The van der Waals surface area contributed by atoms with E-state index in [4.69, 9.17) is 5.73 Å². The van der Waals surface area contributed by atoms with Crippen molar-refractivity contribution in [1.29, 1.82) is 0 Å². The summed E-state index contributed by atoms with van der Waals surface area (Å²) in [5, 5.41) is 4.47. The van der Waals surface area contributed by atoms with Crippen LogP contribution in [0.3, 0.4) is 0 Å². The molecule has 0 spiro atoms. The Balaban J connectivity index is 2.09. The van der Waals surface area contributed by atoms with Crippen LogP contribution in [0.4, 0.5) is 5.82 Å². The summed E-state index contributed by atoms with van der Waals surface area (Å²) < 4.78 is 0. The van der Waals surface area contributed by atoms with Crippen LogP contribution in [0.5, 0.6) is 0 Å². The highest BCUT2D eigenvalue weighted by Gasteiger charge is 2.10. The molecule has 0 saturated heterocycles. The van der Waals surface area contributed by atoms with E-state index in [1.54, 1.807) is 17.7 Å². The third kappa shape index (κ3) is 3.64. The molecule has 0 aliphatic carbocycles. The van der Waals surface area contributed by atoms with Crippen LogP contribution >= 0.6 is 11.3 Å². The van der Waals surface area contributed by atoms with E-state index >= 15 is 0 Å². The first-order valence-electron chi connectivity index (χ1n) is 6.83. The average molecular weight is 278 g/mol. The molecule has 0 aliphatic heterocycles. The fourth-order valence-corrected chi connectivity index (χ4v) is 3.07. The zero-order valence-corrected chi connectivity index (χ0v) is 12.6. The maximum absolute atomic E-state index is 6.09. The number of fused-ring (bicyclic) bond motifs is 1. The molecule has 2 rings (SSSR count). The van der Waals surface area contributed by atoms with Gasteiger partial charge in [0.2, 0.25) is 0 Å². The van der Waals surface area contributed by atoms with Crippen molar-refractivity contribution >= 4 is 27.4 Å². The van der Waals surface area contributed by atoms with E-state index in [-0.39, 0.29) is 6.04 Å². The second kappa shape index (κ2) is 6.30. The molecule has 0 aromatic carbocycles. The molecule has 1 atom stereocenters. The third-order valence-corrected chi connectivity index (χ3v) is 4.22. The van der Waals surface area contributed by atoms with Crippen LogP contribution in [0.1, 0.15) is 32.1 Å². The van der Waals surface area contributed by atoms with E-state index in [9.17, 15) is 0 Å². The fourth-order valence-electron chi connectivity index (χ4n) is 2.14. The van der Waals surface area contributed by atoms with E-state index < -0.39 is 0 Å². The molecule has 0 aliphatic rings. The highest BCUT2D eigenvalue weighted by molar-refractivity contribution is 7.18. The van der Waals surface area contributed by atoms with Crippen LogP contribution in [-0.2, 0) is 6.42 Å². The number of nitrogens with one attached hydrogen (secondary N) is 1. The Morgan fingerprint density at radius 3 is 2.84 bits per heavy atom. The van der Waals surface area contributed by atoms with E-state index in [1.165, 1.54) is 4.88 Å². The number of aromatic nitrogens is 2. The summed E-state index contributed by atoms with van der Waals surface area (Å²) in [4.78, 5) is 11.0. The molecule has 2 aromatic heterocycles. The Morgan fingerprint density at radius 1 is 1.37 bits per heavy atom. The minimum absolute atomic E-state index is 0.161. The number of nitrogens with two attached hydrogens (primary N) is 1. The molecule has 4 nitrogen and oxygen atoms in total. The number of hydrogen-bond donors (Lipinski definition) is 2. The first kappa shape index (κ1) is 14.2. The predicted molar refractivity (Wildman–Crippen MR) is 82.7 cm³/mol. The van der Waals surface area contributed by atoms with E-state index in [0.29, 0.717) is 5.92 Å². The van der Waals surface area contributed by atoms with E-state index in [0.717, 1.165) is 35.4 Å². The summed E-state index contributed by atoms with van der Waals surface area (Å²) in [6, 6.07) is 2.34. The van der Waals surface area contributed by atoms with Crippen molar-refractivity contribution < 1.29 is 0 Å². The summed E-state index contributed by atoms with van der Waals surface area (Å²) >= 11 is 1.73. The summed E-state index contributed by atoms with van der Waals surface area (Å²) in [7, 11) is 0. The van der Waals surface area contributed by atoms with Gasteiger partial charge in [-0.3, -0.25) is 0 Å². The molecular formula is C14H22N4S. The number of thiophene rings is 1. The molecule has 104 valence electrons. The molecule has 19 heavy (non-hydrogen) atoms. The summed E-state index contributed by atoms with van der Waals surface area (Å²) in [6.45, 7) is 7.29. The fraction of sp³-hybridized carbons (Fsp3) is 0.571. The highest BCUT2D eigenvalue weighted by atomic mass is 32.1. The average Bonchev–Trinajstić information content (AvgIpc) is 2.78. The molecule has 3 N–H and O–H groups in total. The molecular weight excluding hydrogens is 256 g/mol. The van der Waals surface area contributed by atoms with Crippen LogP contribution in [0, 0.1) is 5.92 Å². The second-order valence-corrected chi connectivity index (χ2v) is 6.39. The Hall–Kier alpha value is -1.20. The van der Waals surface area contributed by atoms with Gasteiger partial charge in [0.25, 0.3) is 0 Å². The summed E-state index contributed by atoms with van der Waals surface area (Å²) in [5.74, 6) is 1.52. The lowest BCUT2D eigenvalue weighted by atomic mass is 10.0. The third-order valence-electron chi connectivity index (χ3n) is 3.03. The summed E-state index contributed by atoms with van der Waals surface area (Å²) in [5.41, 5.74) is 6.09. The molecule has 0 fully saturated rings. The highest BCUT2D eigenvalue weighted by Crippen LogP contribution is 2.28. The van der Waals surface area contributed by atoms with Gasteiger partial charge in [0, 0.05) is 17.5 Å². The van der Waals surface area contributed by atoms with Crippen LogP contribution < -0.4 is 11.1 Å². The Labute approximate surface area is 118 Å². The van der Waals surface area contributed by atoms with Gasteiger partial charge in [0.1, 0.15) is 17.0 Å². The van der Waals surface area contributed by atoms with Gasteiger partial charge in [0.05, 0.1) is 5.39 Å². The largest absolute Gasteiger partial charge is 0.368 e. The van der Waals surface area contributed by atoms with Crippen LogP contribution in [0.2, 0.25) is 0 Å². The van der Waals surface area contributed by atoms with Gasteiger partial charge in [-0.05, 0) is 24.8 Å². The Kier molecular flexibility index (Phi) is 4.71. The van der Waals surface area contributed by atoms with E-state index in [1.807, 2.05) is 0 Å². The van der Waals surface area contributed by atoms with Crippen molar-refractivity contribution in [1.82, 2.24) is 9.97 Å². The van der Waals surface area contributed by atoms with Crippen molar-refractivity contribution in [3.63, 3.8) is 0 Å². The van der Waals surface area contributed by atoms with Gasteiger partial charge in [-0.2, -0.15) is 0 Å². The molecule has 0 radical (unpaired) electrons. The first-order chi connectivity index (χ1) is 9.10. The van der Waals surface area contributed by atoms with Crippen molar-refractivity contribution in [2.24, 2.45) is 11.7 Å². The van der Waals surface area contributed by atoms with Crippen LogP contribution in [-0.4, -0.2) is 22.6 Å². The quantitative estimate of drug-likeness (QED) is 0.852. The predicted octanol–water partition coefficient (Wildman–Crippen LogP) is 3.04. The second-order valence-electron chi connectivity index (χ2n) is 5.28. The standard InChI is InChI=1S/C14H22N4S/c1-4-11-6-12-13(17-8-18-14(12)19-11)16-7-10(15)5-9(2)3/h6,8-10H,4-5,7,15H2,1-3H3,(H,16,17,18). The minimum Gasteiger partial charge on any atom is -0.368 e. The van der Waals surface area contributed by atoms with Gasteiger partial charge in [-0.15, -0.1) is 11.3 Å². The Morgan fingerprint density at radius 2 is 2.16 bits per heavy atom. The number of anilines is 1. The van der Waals surface area contributed by atoms with Crippen molar-refractivity contribution in [2.45, 2.75) is 39.7 Å². The number of aryl methyl sites for hydroxylation is 1. The number of hydrogen-bond acceptors (Lipinski definition) is 5. The van der Waals surface area contributed by atoms with E-state index in [2.05, 4.69) is 42.1 Å². The molecule has 1 unspecified atom stereocenters. The lowest BCUT2D eigenvalue weighted by Gasteiger charge is -2.15. The molecule has 0 amide bonds. The van der Waals surface area contributed by atoms with Gasteiger partial charge in [-0.25, -0.2) is 9.97 Å². The lowest BCUT2D eigenvalue weighted by Crippen LogP contribution is -2.30. The van der Waals surface area contributed by atoms with Crippen molar-refractivity contribution in [3.8, 4) is 0 Å². The summed E-state index contributed by atoms with van der Waals surface area (Å²) in [6.07, 6.45) is 3.67. The van der Waals surface area contributed by atoms with Gasteiger partial charge < -0.3 is 11.1 Å². The Bertz CT molecular complexity index is 535. The van der Waals surface area contributed by atoms with Crippen molar-refractivity contribution in [3.05, 3.63) is 17.3 Å². The molecule has 0 bridgehead atoms. The molecule has 0 saturated carbocycles. The molecule has 2 aromatic rings. The van der Waals surface area contributed by atoms with Gasteiger partial charge in [0.15, 0.2) is 0 Å². The maximum Gasteiger partial charge on any atom is 0.138 e. The molecule has 5 heteroatoms. The number of nitrogens with zero attached hydrogens (tertiary/aromatic N) is 2. The van der Waals surface area contributed by atoms with Crippen LogP contribution in [0.25, 0.3) is 10.2 Å². The monoisotopic (exact) mass is 278 g/mol. The zero-order valence-electron chi connectivity index (χ0n) is 11.8. The lowest BCUT2D eigenvalue weighted by molar-refractivity contribution is 0.508. The maximum atomic E-state index is 6.09. The normalized spacial score (nSPS) is 13.1. The van der Waals surface area contributed by atoms with Gasteiger partial charge >= 0.3 is 0 Å². The SMILES string of the molecule is CCc1cc2c(NCC(N)CC(C)C)ncnc2s1.